The van der Waals surface area contributed by atoms with Crippen LogP contribution in [0.25, 0.3) is 0 Å². The Balaban J connectivity index is 2.17. The summed E-state index contributed by atoms with van der Waals surface area (Å²) in [5, 5.41) is 14.8. The van der Waals surface area contributed by atoms with Crippen LogP contribution in [0.15, 0.2) is 24.3 Å². The molecule has 0 aromatic heterocycles. The van der Waals surface area contributed by atoms with Crippen LogP contribution in [0, 0.1) is 3.57 Å². The van der Waals surface area contributed by atoms with E-state index in [1.54, 1.807) is 12.1 Å². The molecule has 0 fully saturated rings. The number of carboxylic acid groups (broad SMARTS) is 1. The standard InChI is InChI=1S/C23H35IN2O4/c1-2-3-4-5-6-7-8-12-21(27)26-20(23(29)30)11-9-10-17-25-22(28)18-13-15-19(24)16-14-18/h13-16,20H,2-12,17H2,1H3,(H,25,28)(H,26,27)(H,29,30). The van der Waals surface area contributed by atoms with Crippen molar-refractivity contribution >= 4 is 40.4 Å². The summed E-state index contributed by atoms with van der Waals surface area (Å²) in [7, 11) is 0. The summed E-state index contributed by atoms with van der Waals surface area (Å²) in [5.74, 6) is -1.34. The lowest BCUT2D eigenvalue weighted by molar-refractivity contribution is -0.142. The first-order valence-electron chi connectivity index (χ1n) is 11.0. The van der Waals surface area contributed by atoms with Crippen LogP contribution in [0.1, 0.15) is 87.9 Å². The van der Waals surface area contributed by atoms with Gasteiger partial charge in [0.2, 0.25) is 5.91 Å². The molecule has 1 rings (SSSR count). The van der Waals surface area contributed by atoms with Crippen LogP contribution in [0.5, 0.6) is 0 Å². The van der Waals surface area contributed by atoms with E-state index in [1.165, 1.54) is 25.7 Å². The van der Waals surface area contributed by atoms with Gasteiger partial charge in [-0.25, -0.2) is 4.79 Å². The highest BCUT2D eigenvalue weighted by Gasteiger charge is 2.19. The number of unbranched alkanes of at least 4 members (excludes halogenated alkanes) is 7. The number of carbonyl (C=O) groups excluding carboxylic acids is 2. The summed E-state index contributed by atoms with van der Waals surface area (Å²) in [6, 6.07) is 6.44. The predicted octanol–water partition coefficient (Wildman–Crippen LogP) is 4.90. The van der Waals surface area contributed by atoms with Gasteiger partial charge in [0.25, 0.3) is 5.91 Å². The third-order valence-corrected chi connectivity index (χ3v) is 5.67. The molecule has 2 amide bonds. The van der Waals surface area contributed by atoms with E-state index in [9.17, 15) is 19.5 Å². The fourth-order valence-corrected chi connectivity index (χ4v) is 3.50. The van der Waals surface area contributed by atoms with Crippen LogP contribution >= 0.6 is 22.6 Å². The maximum atomic E-state index is 12.0. The monoisotopic (exact) mass is 530 g/mol. The zero-order chi connectivity index (χ0) is 22.2. The molecule has 1 unspecified atom stereocenters. The molecule has 0 aliphatic carbocycles. The molecule has 0 aliphatic rings. The van der Waals surface area contributed by atoms with Crippen molar-refractivity contribution in [1.29, 1.82) is 0 Å². The van der Waals surface area contributed by atoms with E-state index in [4.69, 9.17) is 0 Å². The maximum absolute atomic E-state index is 12.0. The molecule has 1 aromatic carbocycles. The number of amides is 2. The third kappa shape index (κ3) is 12.1. The average molecular weight is 530 g/mol. The van der Waals surface area contributed by atoms with Crippen LogP contribution in [0.2, 0.25) is 0 Å². The van der Waals surface area contributed by atoms with Gasteiger partial charge in [-0.2, -0.15) is 0 Å². The van der Waals surface area contributed by atoms with Gasteiger partial charge < -0.3 is 15.7 Å². The fourth-order valence-electron chi connectivity index (χ4n) is 3.15. The Bertz CT molecular complexity index is 649. The van der Waals surface area contributed by atoms with Gasteiger partial charge in [-0.1, -0.05) is 45.4 Å². The van der Waals surface area contributed by atoms with Gasteiger partial charge >= 0.3 is 5.97 Å². The highest BCUT2D eigenvalue weighted by Crippen LogP contribution is 2.09. The number of rotatable bonds is 16. The summed E-state index contributed by atoms with van der Waals surface area (Å²) < 4.78 is 1.07. The Hall–Kier alpha value is -1.64. The molecule has 0 radical (unpaired) electrons. The normalized spacial score (nSPS) is 11.7. The molecule has 30 heavy (non-hydrogen) atoms. The summed E-state index contributed by atoms with van der Waals surface area (Å²) in [6.45, 7) is 2.66. The molecule has 7 heteroatoms. The lowest BCUT2D eigenvalue weighted by Crippen LogP contribution is -2.40. The SMILES string of the molecule is CCCCCCCCCC(=O)NC(CCCCNC(=O)c1ccc(I)cc1)C(=O)O. The van der Waals surface area contributed by atoms with E-state index < -0.39 is 12.0 Å². The van der Waals surface area contributed by atoms with Crippen molar-refractivity contribution in [3.05, 3.63) is 33.4 Å². The first kappa shape index (κ1) is 26.4. The van der Waals surface area contributed by atoms with E-state index in [0.717, 1.165) is 22.8 Å². The van der Waals surface area contributed by atoms with Crippen molar-refractivity contribution < 1.29 is 19.5 Å². The van der Waals surface area contributed by atoms with E-state index in [-0.39, 0.29) is 11.8 Å². The topological polar surface area (TPSA) is 95.5 Å². The second-order valence-electron chi connectivity index (χ2n) is 7.59. The summed E-state index contributed by atoms with van der Waals surface area (Å²) in [6.07, 6.45) is 9.88. The average Bonchev–Trinajstić information content (AvgIpc) is 2.72. The van der Waals surface area contributed by atoms with Gasteiger partial charge in [-0.3, -0.25) is 9.59 Å². The number of carbonyl (C=O) groups is 3. The number of nitrogens with one attached hydrogen (secondary N) is 2. The summed E-state index contributed by atoms with van der Waals surface area (Å²) in [5.41, 5.74) is 0.608. The molecule has 0 aliphatic heterocycles. The minimum atomic E-state index is -1.01. The smallest absolute Gasteiger partial charge is 0.326 e. The first-order valence-corrected chi connectivity index (χ1v) is 12.1. The highest BCUT2D eigenvalue weighted by molar-refractivity contribution is 14.1. The second kappa shape index (κ2) is 16.1. The number of carboxylic acids is 1. The van der Waals surface area contributed by atoms with Gasteiger partial charge in [0.05, 0.1) is 0 Å². The van der Waals surface area contributed by atoms with E-state index in [0.29, 0.717) is 37.8 Å². The Morgan fingerprint density at radius 1 is 0.933 bits per heavy atom. The van der Waals surface area contributed by atoms with Gasteiger partial charge in [0.1, 0.15) is 6.04 Å². The zero-order valence-corrected chi connectivity index (χ0v) is 20.1. The van der Waals surface area contributed by atoms with Crippen molar-refractivity contribution in [3.8, 4) is 0 Å². The zero-order valence-electron chi connectivity index (χ0n) is 17.9. The van der Waals surface area contributed by atoms with Crippen molar-refractivity contribution in [2.45, 2.75) is 83.6 Å². The molecule has 0 spiro atoms. The van der Waals surface area contributed by atoms with Gasteiger partial charge in [0.15, 0.2) is 0 Å². The number of aliphatic carboxylic acids is 1. The van der Waals surface area contributed by atoms with E-state index in [2.05, 4.69) is 40.1 Å². The van der Waals surface area contributed by atoms with Crippen molar-refractivity contribution in [2.24, 2.45) is 0 Å². The van der Waals surface area contributed by atoms with Crippen LogP contribution in [0.4, 0.5) is 0 Å². The quantitative estimate of drug-likeness (QED) is 0.209. The van der Waals surface area contributed by atoms with Crippen molar-refractivity contribution in [1.82, 2.24) is 10.6 Å². The van der Waals surface area contributed by atoms with Crippen molar-refractivity contribution in [2.75, 3.05) is 6.54 Å². The third-order valence-electron chi connectivity index (χ3n) is 4.95. The van der Waals surface area contributed by atoms with Gasteiger partial charge in [-0.05, 0) is 72.5 Å². The van der Waals surface area contributed by atoms with E-state index in [1.807, 2.05) is 12.1 Å². The number of hydrogen-bond acceptors (Lipinski definition) is 3. The Labute approximate surface area is 193 Å². The van der Waals surface area contributed by atoms with Crippen LogP contribution in [-0.4, -0.2) is 35.5 Å². The highest BCUT2D eigenvalue weighted by atomic mass is 127. The molecule has 3 N–H and O–H groups in total. The second-order valence-corrected chi connectivity index (χ2v) is 8.83. The molecule has 0 saturated carbocycles. The number of halogens is 1. The van der Waals surface area contributed by atoms with Crippen LogP contribution in [-0.2, 0) is 9.59 Å². The van der Waals surface area contributed by atoms with E-state index >= 15 is 0 Å². The lowest BCUT2D eigenvalue weighted by atomic mass is 10.1. The minimum absolute atomic E-state index is 0.135. The lowest BCUT2D eigenvalue weighted by Gasteiger charge is -2.14. The largest absolute Gasteiger partial charge is 0.480 e. The molecule has 6 nitrogen and oxygen atoms in total. The molecule has 168 valence electrons. The van der Waals surface area contributed by atoms with Crippen LogP contribution in [0.3, 0.4) is 0 Å². The molecule has 1 aromatic rings. The van der Waals surface area contributed by atoms with Gasteiger partial charge in [-0.15, -0.1) is 0 Å². The van der Waals surface area contributed by atoms with Crippen LogP contribution < -0.4 is 10.6 Å². The number of hydrogen-bond donors (Lipinski definition) is 3. The minimum Gasteiger partial charge on any atom is -0.480 e. The summed E-state index contributed by atoms with van der Waals surface area (Å²) in [4.78, 5) is 35.5. The fraction of sp³-hybridized carbons (Fsp3) is 0.609. The predicted molar refractivity (Wildman–Crippen MR) is 128 cm³/mol. The first-order chi connectivity index (χ1) is 14.4. The molecule has 1 atom stereocenters. The van der Waals surface area contributed by atoms with Gasteiger partial charge in [0, 0.05) is 22.1 Å². The Kier molecular flexibility index (Phi) is 14.2. The maximum Gasteiger partial charge on any atom is 0.326 e. The molecule has 0 bridgehead atoms. The van der Waals surface area contributed by atoms with Crippen molar-refractivity contribution in [3.63, 3.8) is 0 Å². The molecule has 0 saturated heterocycles. The number of benzene rings is 1. The summed E-state index contributed by atoms with van der Waals surface area (Å²) >= 11 is 2.18. The molecular weight excluding hydrogens is 495 g/mol. The Morgan fingerprint density at radius 3 is 2.20 bits per heavy atom. The molecular formula is C23H35IN2O4. The molecule has 0 heterocycles. The Morgan fingerprint density at radius 2 is 1.57 bits per heavy atom.